The zero-order valence-electron chi connectivity index (χ0n) is 18.1. The molecule has 0 aliphatic carbocycles. The zero-order chi connectivity index (χ0) is 21.3. The van der Waals surface area contributed by atoms with Crippen molar-refractivity contribution in [2.75, 3.05) is 46.3 Å². The SMILES string of the molecule is CC(C)CN1C(N2CCN(CCc3ccccc3)CC2)=NC2C1C(=O)NC(=O)N2C. The predicted molar refractivity (Wildman–Crippen MR) is 116 cm³/mol. The van der Waals surface area contributed by atoms with Crippen LogP contribution in [-0.2, 0) is 11.2 Å². The van der Waals surface area contributed by atoms with Gasteiger partial charge in [0.15, 0.2) is 18.2 Å². The molecule has 2 unspecified atom stereocenters. The summed E-state index contributed by atoms with van der Waals surface area (Å²) < 4.78 is 0. The quantitative estimate of drug-likeness (QED) is 0.783. The summed E-state index contributed by atoms with van der Waals surface area (Å²) in [4.78, 5) is 38.0. The van der Waals surface area contributed by atoms with Crippen LogP contribution in [0.1, 0.15) is 19.4 Å². The Kier molecular flexibility index (Phi) is 5.94. The second-order valence-corrected chi connectivity index (χ2v) is 8.80. The van der Waals surface area contributed by atoms with Crippen LogP contribution in [0.2, 0.25) is 0 Å². The number of rotatable bonds is 5. The van der Waals surface area contributed by atoms with Gasteiger partial charge in [-0.1, -0.05) is 44.2 Å². The molecule has 162 valence electrons. The van der Waals surface area contributed by atoms with Crippen LogP contribution in [0.15, 0.2) is 35.3 Å². The van der Waals surface area contributed by atoms with Gasteiger partial charge in [0.1, 0.15) is 0 Å². The fourth-order valence-electron chi connectivity index (χ4n) is 4.47. The van der Waals surface area contributed by atoms with Gasteiger partial charge in [0.25, 0.3) is 5.91 Å². The van der Waals surface area contributed by atoms with Crippen molar-refractivity contribution in [1.29, 1.82) is 0 Å². The molecular formula is C22H32N6O2. The van der Waals surface area contributed by atoms with Crippen molar-refractivity contribution in [2.45, 2.75) is 32.5 Å². The lowest BCUT2D eigenvalue weighted by atomic mass is 10.1. The first-order valence-electron chi connectivity index (χ1n) is 10.9. The van der Waals surface area contributed by atoms with E-state index in [1.54, 1.807) is 11.9 Å². The normalized spacial score (nSPS) is 24.9. The van der Waals surface area contributed by atoms with E-state index in [-0.39, 0.29) is 11.9 Å². The van der Waals surface area contributed by atoms with Crippen LogP contribution in [0.25, 0.3) is 0 Å². The summed E-state index contributed by atoms with van der Waals surface area (Å²) in [6, 6.07) is 9.77. The van der Waals surface area contributed by atoms with E-state index in [9.17, 15) is 9.59 Å². The van der Waals surface area contributed by atoms with E-state index in [0.29, 0.717) is 5.92 Å². The van der Waals surface area contributed by atoms with E-state index in [0.717, 1.165) is 51.6 Å². The molecule has 2 fully saturated rings. The number of imide groups is 1. The first kappa shape index (κ1) is 20.7. The number of nitrogens with one attached hydrogen (secondary N) is 1. The van der Waals surface area contributed by atoms with Crippen LogP contribution in [-0.4, -0.2) is 96.0 Å². The Bertz CT molecular complexity index is 803. The fraction of sp³-hybridized carbons (Fsp3) is 0.591. The second-order valence-electron chi connectivity index (χ2n) is 8.80. The molecule has 1 N–H and O–H groups in total. The van der Waals surface area contributed by atoms with Crippen LogP contribution < -0.4 is 5.32 Å². The van der Waals surface area contributed by atoms with Crippen LogP contribution in [0.5, 0.6) is 0 Å². The topological polar surface area (TPSA) is 71.5 Å². The van der Waals surface area contributed by atoms with E-state index in [1.165, 1.54) is 5.56 Å². The number of amides is 3. The summed E-state index contributed by atoms with van der Waals surface area (Å²) in [6.07, 6.45) is 0.606. The monoisotopic (exact) mass is 412 g/mol. The summed E-state index contributed by atoms with van der Waals surface area (Å²) in [6.45, 7) is 9.76. The van der Waals surface area contributed by atoms with Crippen LogP contribution in [0, 0.1) is 5.92 Å². The molecule has 8 heteroatoms. The maximum Gasteiger partial charge on any atom is 0.325 e. The van der Waals surface area contributed by atoms with Gasteiger partial charge in [-0.2, -0.15) is 0 Å². The minimum Gasteiger partial charge on any atom is -0.340 e. The standard InChI is InChI=1S/C22H32N6O2/c1-16(2)15-28-18-19(25(3)22(30)24-20(18)29)23-21(28)27-13-11-26(12-14-27)10-9-17-7-5-4-6-8-17/h4-8,16,18-19H,9-15H2,1-3H3,(H,24,29,30). The molecule has 3 amide bonds. The molecule has 3 aliphatic rings. The number of benzene rings is 1. The Morgan fingerprint density at radius 3 is 2.47 bits per heavy atom. The highest BCUT2D eigenvalue weighted by molar-refractivity contribution is 6.03. The number of hydrogen-bond acceptors (Lipinski definition) is 6. The molecule has 0 spiro atoms. The average molecular weight is 413 g/mol. The zero-order valence-corrected chi connectivity index (χ0v) is 18.1. The number of guanidine groups is 1. The van der Waals surface area contributed by atoms with Crippen LogP contribution >= 0.6 is 0 Å². The largest absolute Gasteiger partial charge is 0.340 e. The molecule has 0 bridgehead atoms. The Labute approximate surface area is 178 Å². The maximum absolute atomic E-state index is 12.6. The van der Waals surface area contributed by atoms with Crippen LogP contribution in [0.4, 0.5) is 4.79 Å². The van der Waals surface area contributed by atoms with Crippen molar-refractivity contribution in [3.05, 3.63) is 35.9 Å². The summed E-state index contributed by atoms with van der Waals surface area (Å²) in [7, 11) is 1.71. The number of piperazine rings is 1. The van der Waals surface area contributed by atoms with E-state index < -0.39 is 12.2 Å². The van der Waals surface area contributed by atoms with Gasteiger partial charge in [-0.25, -0.2) is 9.79 Å². The van der Waals surface area contributed by atoms with Crippen molar-refractivity contribution in [2.24, 2.45) is 10.9 Å². The van der Waals surface area contributed by atoms with Gasteiger partial charge >= 0.3 is 6.03 Å². The number of hydrogen-bond donors (Lipinski definition) is 1. The van der Waals surface area contributed by atoms with Crippen molar-refractivity contribution < 1.29 is 9.59 Å². The molecule has 4 rings (SSSR count). The molecule has 3 aliphatic heterocycles. The molecule has 8 nitrogen and oxygen atoms in total. The van der Waals surface area contributed by atoms with Gasteiger partial charge in [-0.3, -0.25) is 15.0 Å². The number of fused-ring (bicyclic) bond motifs is 1. The average Bonchev–Trinajstić information content (AvgIpc) is 3.11. The van der Waals surface area contributed by atoms with Gasteiger partial charge in [0, 0.05) is 46.3 Å². The number of urea groups is 1. The van der Waals surface area contributed by atoms with E-state index >= 15 is 0 Å². The summed E-state index contributed by atoms with van der Waals surface area (Å²) in [5.74, 6) is 0.999. The summed E-state index contributed by atoms with van der Waals surface area (Å²) in [5.41, 5.74) is 1.37. The lowest BCUT2D eigenvalue weighted by molar-refractivity contribution is -0.127. The third-order valence-electron chi connectivity index (χ3n) is 6.12. The number of likely N-dealkylation sites (N-methyl/N-ethyl adjacent to an activating group) is 1. The second kappa shape index (κ2) is 8.63. The third kappa shape index (κ3) is 4.14. The number of nitrogens with zero attached hydrogens (tertiary/aromatic N) is 5. The first-order valence-corrected chi connectivity index (χ1v) is 10.9. The molecule has 0 aromatic heterocycles. The molecule has 1 aromatic carbocycles. The number of carbonyl (C=O) groups is 2. The van der Waals surface area contributed by atoms with Crippen molar-refractivity contribution in [3.63, 3.8) is 0 Å². The molecule has 30 heavy (non-hydrogen) atoms. The minimum absolute atomic E-state index is 0.246. The number of carbonyl (C=O) groups excluding carboxylic acids is 2. The molecule has 0 radical (unpaired) electrons. The highest BCUT2D eigenvalue weighted by Gasteiger charge is 2.49. The minimum atomic E-state index is -0.448. The Morgan fingerprint density at radius 1 is 1.10 bits per heavy atom. The molecule has 2 atom stereocenters. The van der Waals surface area contributed by atoms with Crippen molar-refractivity contribution >= 4 is 17.9 Å². The Balaban J connectivity index is 1.42. The van der Waals surface area contributed by atoms with Gasteiger partial charge in [-0.05, 0) is 17.9 Å². The fourth-order valence-corrected chi connectivity index (χ4v) is 4.47. The molecule has 3 heterocycles. The Morgan fingerprint density at radius 2 is 1.80 bits per heavy atom. The third-order valence-corrected chi connectivity index (χ3v) is 6.12. The van der Waals surface area contributed by atoms with Gasteiger partial charge < -0.3 is 14.7 Å². The van der Waals surface area contributed by atoms with Gasteiger partial charge in [0.05, 0.1) is 0 Å². The molecule has 2 saturated heterocycles. The van der Waals surface area contributed by atoms with Crippen LogP contribution in [0.3, 0.4) is 0 Å². The van der Waals surface area contributed by atoms with E-state index in [2.05, 4.69) is 64.2 Å². The Hall–Kier alpha value is -2.61. The summed E-state index contributed by atoms with van der Waals surface area (Å²) in [5, 5.41) is 2.47. The number of aliphatic imine (C=N–C) groups is 1. The van der Waals surface area contributed by atoms with Crippen molar-refractivity contribution in [1.82, 2.24) is 24.9 Å². The van der Waals surface area contributed by atoms with E-state index in [1.807, 2.05) is 0 Å². The van der Waals surface area contributed by atoms with Gasteiger partial charge in [0.2, 0.25) is 0 Å². The maximum atomic E-state index is 12.6. The van der Waals surface area contributed by atoms with Gasteiger partial charge in [-0.15, -0.1) is 0 Å². The summed E-state index contributed by atoms with van der Waals surface area (Å²) >= 11 is 0. The molecule has 0 saturated carbocycles. The molecular weight excluding hydrogens is 380 g/mol. The lowest BCUT2D eigenvalue weighted by Crippen LogP contribution is -2.65. The highest BCUT2D eigenvalue weighted by Crippen LogP contribution is 2.26. The van der Waals surface area contributed by atoms with Crippen molar-refractivity contribution in [3.8, 4) is 0 Å². The lowest BCUT2D eigenvalue weighted by Gasteiger charge is -2.41. The van der Waals surface area contributed by atoms with E-state index in [4.69, 9.17) is 4.99 Å². The predicted octanol–water partition coefficient (Wildman–Crippen LogP) is 1.05. The smallest absolute Gasteiger partial charge is 0.325 e. The first-order chi connectivity index (χ1) is 14.4. The highest BCUT2D eigenvalue weighted by atomic mass is 16.2. The molecule has 1 aromatic rings.